The minimum absolute atomic E-state index is 0.0216. The molecule has 3 N–H and O–H groups in total. The molecule has 0 saturated heterocycles. The van der Waals surface area contributed by atoms with Crippen molar-refractivity contribution >= 4 is 29.0 Å². The second-order valence-electron chi connectivity index (χ2n) is 5.81. The fraction of sp³-hybridized carbons (Fsp3) is 0.250. The van der Waals surface area contributed by atoms with Crippen molar-refractivity contribution in [1.29, 1.82) is 0 Å². The van der Waals surface area contributed by atoms with Gasteiger partial charge in [-0.2, -0.15) is 4.98 Å². The lowest BCUT2D eigenvalue weighted by Gasteiger charge is -2.09. The number of rotatable bonds is 5. The van der Waals surface area contributed by atoms with Crippen LogP contribution in [0.4, 0.5) is 5.82 Å². The molecule has 0 bridgehead atoms. The van der Waals surface area contributed by atoms with E-state index in [2.05, 4.69) is 10.1 Å². The molecule has 1 aromatic carbocycles. The van der Waals surface area contributed by atoms with Gasteiger partial charge < -0.3 is 15.4 Å². The molecule has 0 aliphatic heterocycles. The zero-order valence-corrected chi connectivity index (χ0v) is 15.6. The largest absolute Gasteiger partial charge is 0.388 e. The van der Waals surface area contributed by atoms with Crippen molar-refractivity contribution in [1.82, 2.24) is 19.3 Å². The Morgan fingerprint density at radius 1 is 1.26 bits per heavy atom. The molecule has 0 unspecified atom stereocenters. The second-order valence-corrected chi connectivity index (χ2v) is 6.62. The van der Waals surface area contributed by atoms with Gasteiger partial charge in [0.15, 0.2) is 5.82 Å². The molecule has 142 valence electrons. The van der Waals surface area contributed by atoms with Crippen LogP contribution >= 0.6 is 23.2 Å². The number of halogens is 2. The minimum Gasteiger partial charge on any atom is -0.388 e. The summed E-state index contributed by atoms with van der Waals surface area (Å²) in [5, 5.41) is 14.3. The Kier molecular flexibility index (Phi) is 5.36. The van der Waals surface area contributed by atoms with E-state index in [-0.39, 0.29) is 35.5 Å². The second kappa shape index (κ2) is 7.55. The number of hydrogen-bond donors (Lipinski definition) is 2. The summed E-state index contributed by atoms with van der Waals surface area (Å²) in [6.07, 6.45) is -0.783. The van der Waals surface area contributed by atoms with E-state index in [0.29, 0.717) is 10.6 Å². The molecule has 0 amide bonds. The number of aromatic nitrogens is 4. The third-order valence-corrected chi connectivity index (χ3v) is 4.58. The van der Waals surface area contributed by atoms with Gasteiger partial charge in [0.05, 0.1) is 6.10 Å². The van der Waals surface area contributed by atoms with Crippen LogP contribution in [-0.4, -0.2) is 24.4 Å². The van der Waals surface area contributed by atoms with Crippen LogP contribution in [0.1, 0.15) is 23.4 Å². The highest BCUT2D eigenvalue weighted by Crippen LogP contribution is 2.19. The maximum absolute atomic E-state index is 12.2. The molecule has 0 spiro atoms. The molecule has 2 aromatic heterocycles. The van der Waals surface area contributed by atoms with Crippen LogP contribution in [0.3, 0.4) is 0 Å². The van der Waals surface area contributed by atoms with Crippen LogP contribution in [-0.2, 0) is 20.0 Å². The fourth-order valence-electron chi connectivity index (χ4n) is 2.43. The zero-order chi connectivity index (χ0) is 19.7. The number of anilines is 1. The average molecular weight is 412 g/mol. The monoisotopic (exact) mass is 411 g/mol. The number of nitrogens with two attached hydrogens (primary N) is 1. The van der Waals surface area contributed by atoms with Crippen LogP contribution < -0.4 is 17.0 Å². The van der Waals surface area contributed by atoms with Gasteiger partial charge in [0, 0.05) is 18.5 Å². The van der Waals surface area contributed by atoms with E-state index in [1.54, 1.807) is 24.3 Å². The van der Waals surface area contributed by atoms with Gasteiger partial charge in [-0.05, 0) is 17.7 Å². The number of aliphatic hydroxyl groups excluding tert-OH is 1. The maximum Gasteiger partial charge on any atom is 0.332 e. The van der Waals surface area contributed by atoms with Crippen LogP contribution in [0, 0.1) is 0 Å². The quantitative estimate of drug-likeness (QED) is 0.643. The molecule has 27 heavy (non-hydrogen) atoms. The molecule has 0 saturated carbocycles. The average Bonchev–Trinajstić information content (AvgIpc) is 3.09. The number of aliphatic hydroxyl groups is 1. The first-order chi connectivity index (χ1) is 12.8. The van der Waals surface area contributed by atoms with Crippen molar-refractivity contribution in [2.24, 2.45) is 7.05 Å². The highest BCUT2D eigenvalue weighted by molar-refractivity contribution is 6.32. The van der Waals surface area contributed by atoms with Gasteiger partial charge in [-0.25, -0.2) is 9.36 Å². The first-order valence-electron chi connectivity index (χ1n) is 7.77. The van der Waals surface area contributed by atoms with Crippen molar-refractivity contribution in [3.05, 3.63) is 72.4 Å². The van der Waals surface area contributed by atoms with Gasteiger partial charge in [0.2, 0.25) is 5.89 Å². The van der Waals surface area contributed by atoms with Crippen LogP contribution in [0.25, 0.3) is 0 Å². The van der Waals surface area contributed by atoms with Gasteiger partial charge in [-0.15, -0.1) is 0 Å². The Hall–Kier alpha value is -2.62. The van der Waals surface area contributed by atoms with Gasteiger partial charge in [-0.1, -0.05) is 40.5 Å². The molecule has 3 rings (SSSR count). The predicted octanol–water partition coefficient (Wildman–Crippen LogP) is 1.14. The molecule has 3 aromatic rings. The van der Waals surface area contributed by atoms with Crippen molar-refractivity contribution in [3.63, 3.8) is 0 Å². The summed E-state index contributed by atoms with van der Waals surface area (Å²) >= 11 is 11.7. The molecule has 0 radical (unpaired) electrons. The molecule has 0 aliphatic rings. The molecular formula is C16H15Cl2N5O4. The molecule has 0 aliphatic carbocycles. The molecule has 1 atom stereocenters. The summed E-state index contributed by atoms with van der Waals surface area (Å²) in [5.74, 6) is 0.118. The van der Waals surface area contributed by atoms with E-state index in [9.17, 15) is 14.7 Å². The summed E-state index contributed by atoms with van der Waals surface area (Å²) in [6.45, 7) is -0.268. The number of benzene rings is 1. The summed E-state index contributed by atoms with van der Waals surface area (Å²) in [4.78, 5) is 28.5. The summed E-state index contributed by atoms with van der Waals surface area (Å²) in [5.41, 5.74) is 4.82. The first kappa shape index (κ1) is 19.2. The van der Waals surface area contributed by atoms with Crippen molar-refractivity contribution < 1.29 is 9.63 Å². The predicted molar refractivity (Wildman–Crippen MR) is 98.9 cm³/mol. The highest BCUT2D eigenvalue weighted by Gasteiger charge is 2.18. The highest BCUT2D eigenvalue weighted by atomic mass is 35.5. The van der Waals surface area contributed by atoms with Gasteiger partial charge >= 0.3 is 5.69 Å². The Labute approximate surface area is 162 Å². The number of nitrogens with zero attached hydrogens (tertiary/aromatic N) is 4. The van der Waals surface area contributed by atoms with E-state index >= 15 is 0 Å². The summed E-state index contributed by atoms with van der Waals surface area (Å²) in [7, 11) is 1.39. The number of nitrogen functional groups attached to an aromatic ring is 1. The Balaban J connectivity index is 1.80. The SMILES string of the molecule is Cn1c(N)c(Cl)c(=O)n(Cc2nc(C[C@H](O)c3ccc(Cl)cc3)no2)c1=O. The molecule has 2 heterocycles. The standard InChI is InChI=1S/C16H15Cl2N5O4/c1-22-14(19)13(18)15(25)23(16(22)26)7-12-20-11(21-27-12)6-10(24)8-2-4-9(17)5-3-8/h2-5,10,24H,6-7,19H2,1H3/t10-/m0/s1. The molecular weight excluding hydrogens is 397 g/mol. The topological polar surface area (TPSA) is 129 Å². The lowest BCUT2D eigenvalue weighted by molar-refractivity contribution is 0.174. The maximum atomic E-state index is 12.2. The van der Waals surface area contributed by atoms with Gasteiger partial charge in [0.25, 0.3) is 5.56 Å². The zero-order valence-electron chi connectivity index (χ0n) is 14.1. The normalized spacial score (nSPS) is 12.3. The van der Waals surface area contributed by atoms with Crippen molar-refractivity contribution in [3.8, 4) is 0 Å². The Morgan fingerprint density at radius 2 is 1.93 bits per heavy atom. The molecule has 11 heteroatoms. The number of hydrogen-bond acceptors (Lipinski definition) is 7. The van der Waals surface area contributed by atoms with Crippen molar-refractivity contribution in [2.45, 2.75) is 19.1 Å². The summed E-state index contributed by atoms with van der Waals surface area (Å²) in [6, 6.07) is 6.70. The lowest BCUT2D eigenvalue weighted by atomic mass is 10.1. The van der Waals surface area contributed by atoms with Crippen LogP contribution in [0.5, 0.6) is 0 Å². The van der Waals surface area contributed by atoms with E-state index < -0.39 is 17.4 Å². The third-order valence-electron chi connectivity index (χ3n) is 3.97. The van der Waals surface area contributed by atoms with E-state index in [1.165, 1.54) is 7.05 Å². The Morgan fingerprint density at radius 3 is 2.59 bits per heavy atom. The van der Waals surface area contributed by atoms with Crippen LogP contribution in [0.15, 0.2) is 38.4 Å². The smallest absolute Gasteiger partial charge is 0.332 e. The third kappa shape index (κ3) is 3.90. The van der Waals surface area contributed by atoms with Gasteiger partial charge in [-0.3, -0.25) is 9.36 Å². The minimum atomic E-state index is -0.866. The van der Waals surface area contributed by atoms with Gasteiger partial charge in [0.1, 0.15) is 17.4 Å². The van der Waals surface area contributed by atoms with Crippen LogP contribution in [0.2, 0.25) is 10.0 Å². The van der Waals surface area contributed by atoms with E-state index in [0.717, 1.165) is 9.13 Å². The molecule has 0 fully saturated rings. The lowest BCUT2D eigenvalue weighted by Crippen LogP contribution is -2.40. The van der Waals surface area contributed by atoms with E-state index in [1.807, 2.05) is 0 Å². The fourth-order valence-corrected chi connectivity index (χ4v) is 2.79. The Bertz CT molecular complexity index is 1050. The van der Waals surface area contributed by atoms with E-state index in [4.69, 9.17) is 33.5 Å². The molecule has 9 nitrogen and oxygen atoms in total. The van der Waals surface area contributed by atoms with Crippen molar-refractivity contribution in [2.75, 3.05) is 5.73 Å². The first-order valence-corrected chi connectivity index (χ1v) is 8.53. The summed E-state index contributed by atoms with van der Waals surface area (Å²) < 4.78 is 6.95.